The summed E-state index contributed by atoms with van der Waals surface area (Å²) in [4.78, 5) is 2.74. The molecule has 2 nitrogen and oxygen atoms in total. The first-order valence-electron chi connectivity index (χ1n) is 7.86. The molecular formula is C17H26N2. The van der Waals surface area contributed by atoms with Crippen LogP contribution in [-0.2, 0) is 6.42 Å². The van der Waals surface area contributed by atoms with Crippen molar-refractivity contribution in [2.45, 2.75) is 50.6 Å². The molecule has 0 heterocycles. The second kappa shape index (κ2) is 6.06. The van der Waals surface area contributed by atoms with Crippen molar-refractivity contribution in [2.24, 2.45) is 11.7 Å². The number of benzene rings is 1. The van der Waals surface area contributed by atoms with E-state index in [-0.39, 0.29) is 0 Å². The molecule has 2 aliphatic carbocycles. The van der Waals surface area contributed by atoms with E-state index >= 15 is 0 Å². The smallest absolute Gasteiger partial charge is 0.0224 e. The van der Waals surface area contributed by atoms with E-state index in [1.54, 1.807) is 0 Å². The van der Waals surface area contributed by atoms with Gasteiger partial charge in [0.15, 0.2) is 0 Å². The zero-order chi connectivity index (χ0) is 13.1. The lowest BCUT2D eigenvalue weighted by Gasteiger charge is -2.31. The molecular weight excluding hydrogens is 232 g/mol. The first-order valence-corrected chi connectivity index (χ1v) is 7.86. The first-order chi connectivity index (χ1) is 9.36. The Kier molecular flexibility index (Phi) is 4.19. The Balaban J connectivity index is 1.55. The number of hydrogen-bond donors (Lipinski definition) is 1. The van der Waals surface area contributed by atoms with Gasteiger partial charge in [-0.1, -0.05) is 30.3 Å². The van der Waals surface area contributed by atoms with E-state index in [9.17, 15) is 0 Å². The van der Waals surface area contributed by atoms with Crippen LogP contribution >= 0.6 is 0 Å². The van der Waals surface area contributed by atoms with E-state index in [1.165, 1.54) is 44.2 Å². The summed E-state index contributed by atoms with van der Waals surface area (Å²) in [5.41, 5.74) is 7.51. The van der Waals surface area contributed by atoms with Crippen molar-refractivity contribution < 1.29 is 0 Å². The molecule has 2 heteroatoms. The van der Waals surface area contributed by atoms with Crippen molar-refractivity contribution >= 4 is 0 Å². The van der Waals surface area contributed by atoms with Gasteiger partial charge in [-0.2, -0.15) is 0 Å². The number of aryl methyl sites for hydroxylation is 1. The van der Waals surface area contributed by atoms with Crippen molar-refractivity contribution in [1.29, 1.82) is 0 Å². The lowest BCUT2D eigenvalue weighted by Crippen LogP contribution is -2.43. The summed E-state index contributed by atoms with van der Waals surface area (Å²) in [6.45, 7) is 2.12. The third-order valence-electron chi connectivity index (χ3n) is 4.53. The predicted molar refractivity (Wildman–Crippen MR) is 80.1 cm³/mol. The standard InChI is InChI=1S/C17H26N2/c18-12-17(9-8-14-4-2-1-3-5-14)19(16-10-11-16)13-15-6-7-15/h1-5,15-17H,6-13,18H2. The molecule has 1 aromatic carbocycles. The number of hydrogen-bond acceptors (Lipinski definition) is 2. The lowest BCUT2D eigenvalue weighted by atomic mass is 10.0. The van der Waals surface area contributed by atoms with Crippen molar-refractivity contribution in [3.63, 3.8) is 0 Å². The van der Waals surface area contributed by atoms with Crippen LogP contribution < -0.4 is 5.73 Å². The Hall–Kier alpha value is -0.860. The maximum Gasteiger partial charge on any atom is 0.0224 e. The molecule has 0 aromatic heterocycles. The summed E-state index contributed by atoms with van der Waals surface area (Å²) in [6, 6.07) is 12.3. The van der Waals surface area contributed by atoms with E-state index in [2.05, 4.69) is 35.2 Å². The van der Waals surface area contributed by atoms with Crippen molar-refractivity contribution in [3.8, 4) is 0 Å². The van der Waals surface area contributed by atoms with Gasteiger partial charge in [0.25, 0.3) is 0 Å². The second-order valence-corrected chi connectivity index (χ2v) is 6.29. The molecule has 0 radical (unpaired) electrons. The van der Waals surface area contributed by atoms with Crippen molar-refractivity contribution in [1.82, 2.24) is 4.90 Å². The summed E-state index contributed by atoms with van der Waals surface area (Å²) in [5.74, 6) is 0.978. The Labute approximate surface area is 117 Å². The van der Waals surface area contributed by atoms with E-state index in [0.717, 1.165) is 24.9 Å². The van der Waals surface area contributed by atoms with Gasteiger partial charge in [0, 0.05) is 25.2 Å². The van der Waals surface area contributed by atoms with Crippen LogP contribution in [0.5, 0.6) is 0 Å². The van der Waals surface area contributed by atoms with Crippen LogP contribution in [0.25, 0.3) is 0 Å². The van der Waals surface area contributed by atoms with E-state index in [1.807, 2.05) is 0 Å². The van der Waals surface area contributed by atoms with Gasteiger partial charge in [0.1, 0.15) is 0 Å². The van der Waals surface area contributed by atoms with Gasteiger partial charge in [0.2, 0.25) is 0 Å². The average Bonchev–Trinajstić information content (AvgIpc) is 3.32. The van der Waals surface area contributed by atoms with Crippen LogP contribution in [0.15, 0.2) is 30.3 Å². The molecule has 2 aliphatic rings. The van der Waals surface area contributed by atoms with Gasteiger partial charge in [-0.3, -0.25) is 4.90 Å². The molecule has 0 aliphatic heterocycles. The minimum atomic E-state index is 0.591. The minimum Gasteiger partial charge on any atom is -0.329 e. The molecule has 1 atom stereocenters. The van der Waals surface area contributed by atoms with Gasteiger partial charge < -0.3 is 5.73 Å². The summed E-state index contributed by atoms with van der Waals surface area (Å²) < 4.78 is 0. The highest BCUT2D eigenvalue weighted by Gasteiger charge is 2.36. The zero-order valence-electron chi connectivity index (χ0n) is 11.8. The van der Waals surface area contributed by atoms with Gasteiger partial charge >= 0.3 is 0 Å². The quantitative estimate of drug-likeness (QED) is 0.777. The van der Waals surface area contributed by atoms with Gasteiger partial charge in [-0.05, 0) is 50.0 Å². The van der Waals surface area contributed by atoms with Gasteiger partial charge in [0.05, 0.1) is 0 Å². The van der Waals surface area contributed by atoms with Crippen LogP contribution in [0.2, 0.25) is 0 Å². The molecule has 19 heavy (non-hydrogen) atoms. The Morgan fingerprint density at radius 2 is 1.84 bits per heavy atom. The van der Waals surface area contributed by atoms with Crippen LogP contribution in [0.3, 0.4) is 0 Å². The fraction of sp³-hybridized carbons (Fsp3) is 0.647. The molecule has 104 valence electrons. The average molecular weight is 258 g/mol. The van der Waals surface area contributed by atoms with E-state index < -0.39 is 0 Å². The number of rotatable bonds is 8. The van der Waals surface area contributed by atoms with Crippen molar-refractivity contribution in [2.75, 3.05) is 13.1 Å². The molecule has 1 aromatic rings. The van der Waals surface area contributed by atoms with E-state index in [0.29, 0.717) is 6.04 Å². The topological polar surface area (TPSA) is 29.3 Å². The molecule has 3 rings (SSSR count). The largest absolute Gasteiger partial charge is 0.329 e. The van der Waals surface area contributed by atoms with Crippen LogP contribution in [0, 0.1) is 5.92 Å². The number of nitrogens with two attached hydrogens (primary N) is 1. The monoisotopic (exact) mass is 258 g/mol. The summed E-state index contributed by atoms with van der Waals surface area (Å²) in [5, 5.41) is 0. The molecule has 0 spiro atoms. The lowest BCUT2D eigenvalue weighted by molar-refractivity contribution is 0.173. The molecule has 1 unspecified atom stereocenters. The second-order valence-electron chi connectivity index (χ2n) is 6.29. The predicted octanol–water partition coefficient (Wildman–Crippen LogP) is 2.82. The normalized spacial score (nSPS) is 20.7. The molecule has 0 amide bonds. The Morgan fingerprint density at radius 1 is 1.11 bits per heavy atom. The third-order valence-corrected chi connectivity index (χ3v) is 4.53. The van der Waals surface area contributed by atoms with Crippen LogP contribution in [0.4, 0.5) is 0 Å². The Morgan fingerprint density at radius 3 is 2.42 bits per heavy atom. The summed E-state index contributed by atoms with van der Waals surface area (Å²) in [7, 11) is 0. The maximum absolute atomic E-state index is 6.06. The third kappa shape index (κ3) is 3.80. The molecule has 0 bridgehead atoms. The summed E-state index contributed by atoms with van der Waals surface area (Å²) in [6.07, 6.45) is 8.06. The summed E-state index contributed by atoms with van der Waals surface area (Å²) >= 11 is 0. The van der Waals surface area contributed by atoms with Crippen molar-refractivity contribution in [3.05, 3.63) is 35.9 Å². The minimum absolute atomic E-state index is 0.591. The molecule has 2 saturated carbocycles. The highest BCUT2D eigenvalue weighted by molar-refractivity contribution is 5.15. The number of nitrogens with zero attached hydrogens (tertiary/aromatic N) is 1. The highest BCUT2D eigenvalue weighted by Crippen LogP contribution is 2.36. The van der Waals surface area contributed by atoms with Gasteiger partial charge in [-0.15, -0.1) is 0 Å². The van der Waals surface area contributed by atoms with Crippen LogP contribution in [0.1, 0.15) is 37.7 Å². The molecule has 0 saturated heterocycles. The SMILES string of the molecule is NCC(CCc1ccccc1)N(CC1CC1)C1CC1. The molecule has 2 N–H and O–H groups in total. The fourth-order valence-corrected chi connectivity index (χ4v) is 3.00. The van der Waals surface area contributed by atoms with Crippen LogP contribution in [-0.4, -0.2) is 30.1 Å². The molecule has 2 fully saturated rings. The maximum atomic E-state index is 6.06. The fourth-order valence-electron chi connectivity index (χ4n) is 3.00. The highest BCUT2D eigenvalue weighted by atomic mass is 15.2. The van der Waals surface area contributed by atoms with E-state index in [4.69, 9.17) is 5.73 Å². The Bertz CT molecular complexity index is 382. The first kappa shape index (κ1) is 13.1. The zero-order valence-corrected chi connectivity index (χ0v) is 11.8. The van der Waals surface area contributed by atoms with Gasteiger partial charge in [-0.25, -0.2) is 0 Å².